The second-order valence-corrected chi connectivity index (χ2v) is 4.24. The molecule has 80 valence electrons. The summed E-state index contributed by atoms with van der Waals surface area (Å²) in [5.41, 5.74) is 9.22. The molecule has 0 aliphatic heterocycles. The number of benzene rings is 1. The maximum atomic E-state index is 5.87. The van der Waals surface area contributed by atoms with Gasteiger partial charge in [0.2, 0.25) is 0 Å². The molecule has 0 amide bonds. The molecule has 15 heavy (non-hydrogen) atoms. The van der Waals surface area contributed by atoms with Gasteiger partial charge in [0.15, 0.2) is 0 Å². The molecule has 3 heteroatoms. The van der Waals surface area contributed by atoms with Gasteiger partial charge in [-0.05, 0) is 25.5 Å². The summed E-state index contributed by atoms with van der Waals surface area (Å²) in [6.07, 6.45) is 0. The summed E-state index contributed by atoms with van der Waals surface area (Å²) in [6, 6.07) is 6.28. The molecule has 2 rings (SSSR count). The van der Waals surface area contributed by atoms with E-state index in [0.29, 0.717) is 0 Å². The predicted molar refractivity (Wildman–Crippen MR) is 62.9 cm³/mol. The molecule has 2 atom stereocenters. The van der Waals surface area contributed by atoms with Crippen LogP contribution in [-0.4, -0.2) is 16.0 Å². The molecular formula is C12H17N3. The van der Waals surface area contributed by atoms with Crippen LogP contribution in [0.4, 0.5) is 0 Å². The quantitative estimate of drug-likeness (QED) is 0.787. The Morgan fingerprint density at radius 2 is 2.07 bits per heavy atom. The van der Waals surface area contributed by atoms with Crippen molar-refractivity contribution in [1.82, 2.24) is 9.97 Å². The summed E-state index contributed by atoms with van der Waals surface area (Å²) in [5, 5.41) is 0. The Labute approximate surface area is 89.7 Å². The maximum Gasteiger partial charge on any atom is 0.111 e. The third kappa shape index (κ3) is 1.75. The topological polar surface area (TPSA) is 54.7 Å². The lowest BCUT2D eigenvalue weighted by Crippen LogP contribution is -2.23. The van der Waals surface area contributed by atoms with Crippen LogP contribution in [0.3, 0.4) is 0 Å². The molecule has 2 unspecified atom stereocenters. The summed E-state index contributed by atoms with van der Waals surface area (Å²) in [6.45, 7) is 6.17. The minimum absolute atomic E-state index is 0.117. The van der Waals surface area contributed by atoms with E-state index in [1.54, 1.807) is 0 Å². The van der Waals surface area contributed by atoms with E-state index in [1.165, 1.54) is 5.56 Å². The number of hydrogen-bond acceptors (Lipinski definition) is 2. The molecule has 3 nitrogen and oxygen atoms in total. The van der Waals surface area contributed by atoms with Crippen LogP contribution in [0.15, 0.2) is 18.2 Å². The highest BCUT2D eigenvalue weighted by Crippen LogP contribution is 2.21. The number of fused-ring (bicyclic) bond motifs is 1. The van der Waals surface area contributed by atoms with E-state index in [2.05, 4.69) is 29.9 Å². The van der Waals surface area contributed by atoms with Crippen molar-refractivity contribution in [3.63, 3.8) is 0 Å². The largest absolute Gasteiger partial charge is 0.342 e. The number of aromatic nitrogens is 2. The zero-order valence-electron chi connectivity index (χ0n) is 9.41. The van der Waals surface area contributed by atoms with Crippen molar-refractivity contribution in [2.75, 3.05) is 0 Å². The fourth-order valence-corrected chi connectivity index (χ4v) is 1.66. The van der Waals surface area contributed by atoms with Gasteiger partial charge in [-0.15, -0.1) is 0 Å². The van der Waals surface area contributed by atoms with Crippen molar-refractivity contribution in [2.45, 2.75) is 32.7 Å². The van der Waals surface area contributed by atoms with Crippen molar-refractivity contribution in [3.8, 4) is 0 Å². The van der Waals surface area contributed by atoms with Gasteiger partial charge in [0.1, 0.15) is 5.82 Å². The van der Waals surface area contributed by atoms with Crippen LogP contribution in [0.2, 0.25) is 0 Å². The standard InChI is InChI=1S/C12H17N3/c1-7-5-4-6-10-11(7)15-12(14-10)8(2)9(3)13/h4-6,8-9H,13H2,1-3H3,(H,14,15). The molecule has 0 fully saturated rings. The number of nitrogens with two attached hydrogens (primary N) is 1. The van der Waals surface area contributed by atoms with Crippen LogP contribution in [0.5, 0.6) is 0 Å². The minimum atomic E-state index is 0.117. The zero-order chi connectivity index (χ0) is 11.0. The molecule has 0 bridgehead atoms. The number of nitrogens with one attached hydrogen (secondary N) is 1. The van der Waals surface area contributed by atoms with Crippen LogP contribution < -0.4 is 5.73 Å². The Morgan fingerprint density at radius 1 is 1.33 bits per heavy atom. The summed E-state index contributed by atoms with van der Waals surface area (Å²) in [5.74, 6) is 1.24. The lowest BCUT2D eigenvalue weighted by Gasteiger charge is -2.11. The van der Waals surface area contributed by atoms with Crippen LogP contribution in [0, 0.1) is 6.92 Å². The van der Waals surface area contributed by atoms with E-state index in [4.69, 9.17) is 5.73 Å². The highest BCUT2D eigenvalue weighted by molar-refractivity contribution is 5.78. The number of H-pyrrole nitrogens is 1. The average Bonchev–Trinajstić information content (AvgIpc) is 2.61. The van der Waals surface area contributed by atoms with Crippen LogP contribution in [0.1, 0.15) is 31.2 Å². The average molecular weight is 203 g/mol. The van der Waals surface area contributed by atoms with E-state index in [0.717, 1.165) is 16.9 Å². The predicted octanol–water partition coefficient (Wildman–Crippen LogP) is 2.32. The number of hydrogen-bond donors (Lipinski definition) is 2. The zero-order valence-corrected chi connectivity index (χ0v) is 9.41. The Kier molecular flexibility index (Phi) is 2.49. The number of para-hydroxylation sites is 1. The van der Waals surface area contributed by atoms with Crippen LogP contribution >= 0.6 is 0 Å². The van der Waals surface area contributed by atoms with Gasteiger partial charge in [0.25, 0.3) is 0 Å². The summed E-state index contributed by atoms with van der Waals surface area (Å²) < 4.78 is 0. The second-order valence-electron chi connectivity index (χ2n) is 4.24. The molecule has 3 N–H and O–H groups in total. The van der Waals surface area contributed by atoms with Crippen LogP contribution in [-0.2, 0) is 0 Å². The van der Waals surface area contributed by atoms with Gasteiger partial charge in [-0.2, -0.15) is 0 Å². The highest BCUT2D eigenvalue weighted by atomic mass is 14.9. The smallest absolute Gasteiger partial charge is 0.111 e. The Balaban J connectivity index is 2.52. The van der Waals surface area contributed by atoms with E-state index in [9.17, 15) is 0 Å². The SMILES string of the molecule is Cc1cccc2[nH]c(C(C)C(C)N)nc12. The first-order chi connectivity index (χ1) is 7.09. The summed E-state index contributed by atoms with van der Waals surface area (Å²) in [7, 11) is 0. The highest BCUT2D eigenvalue weighted by Gasteiger charge is 2.14. The molecule has 0 saturated heterocycles. The molecule has 0 radical (unpaired) electrons. The van der Waals surface area contributed by atoms with Gasteiger partial charge in [0.05, 0.1) is 11.0 Å². The molecule has 1 aromatic carbocycles. The van der Waals surface area contributed by atoms with E-state index in [1.807, 2.05) is 19.1 Å². The third-order valence-corrected chi connectivity index (χ3v) is 2.95. The second kappa shape index (κ2) is 3.66. The first-order valence-electron chi connectivity index (χ1n) is 5.30. The lowest BCUT2D eigenvalue weighted by molar-refractivity contribution is 0.588. The van der Waals surface area contributed by atoms with Crippen molar-refractivity contribution in [2.24, 2.45) is 5.73 Å². The number of imidazole rings is 1. The van der Waals surface area contributed by atoms with Crippen molar-refractivity contribution < 1.29 is 0 Å². The molecule has 1 heterocycles. The van der Waals surface area contributed by atoms with Gasteiger partial charge < -0.3 is 10.7 Å². The Morgan fingerprint density at radius 3 is 2.67 bits per heavy atom. The minimum Gasteiger partial charge on any atom is -0.342 e. The van der Waals surface area contributed by atoms with Gasteiger partial charge in [-0.1, -0.05) is 19.1 Å². The molecule has 2 aromatic rings. The first-order valence-corrected chi connectivity index (χ1v) is 5.30. The number of aromatic amines is 1. The molecule has 1 aromatic heterocycles. The molecule has 0 aliphatic rings. The lowest BCUT2D eigenvalue weighted by atomic mass is 10.0. The molecular weight excluding hydrogens is 186 g/mol. The summed E-state index contributed by atoms with van der Waals surface area (Å²) in [4.78, 5) is 7.92. The van der Waals surface area contributed by atoms with Gasteiger partial charge in [-0.3, -0.25) is 0 Å². The van der Waals surface area contributed by atoms with Crippen LogP contribution in [0.25, 0.3) is 11.0 Å². The first kappa shape index (κ1) is 10.2. The van der Waals surface area contributed by atoms with Gasteiger partial charge in [-0.25, -0.2) is 4.98 Å². The normalized spacial score (nSPS) is 15.5. The number of nitrogens with zero attached hydrogens (tertiary/aromatic N) is 1. The Bertz CT molecular complexity index is 471. The van der Waals surface area contributed by atoms with E-state index < -0.39 is 0 Å². The fraction of sp³-hybridized carbons (Fsp3) is 0.417. The van der Waals surface area contributed by atoms with E-state index >= 15 is 0 Å². The van der Waals surface area contributed by atoms with Gasteiger partial charge in [0, 0.05) is 12.0 Å². The van der Waals surface area contributed by atoms with Crippen molar-refractivity contribution in [3.05, 3.63) is 29.6 Å². The van der Waals surface area contributed by atoms with E-state index in [-0.39, 0.29) is 12.0 Å². The fourth-order valence-electron chi connectivity index (χ4n) is 1.66. The Hall–Kier alpha value is -1.35. The number of rotatable bonds is 2. The molecule has 0 aliphatic carbocycles. The van der Waals surface area contributed by atoms with Crippen molar-refractivity contribution >= 4 is 11.0 Å². The van der Waals surface area contributed by atoms with Crippen molar-refractivity contribution in [1.29, 1.82) is 0 Å². The number of aryl methyl sites for hydroxylation is 1. The summed E-state index contributed by atoms with van der Waals surface area (Å²) >= 11 is 0. The molecule has 0 spiro atoms. The maximum absolute atomic E-state index is 5.87. The third-order valence-electron chi connectivity index (χ3n) is 2.95. The monoisotopic (exact) mass is 203 g/mol. The van der Waals surface area contributed by atoms with Gasteiger partial charge >= 0.3 is 0 Å². The molecule has 0 saturated carbocycles.